The van der Waals surface area contributed by atoms with Crippen molar-refractivity contribution in [1.29, 1.82) is 5.26 Å². The van der Waals surface area contributed by atoms with Crippen molar-refractivity contribution in [2.75, 3.05) is 12.4 Å². The van der Waals surface area contributed by atoms with E-state index >= 15 is 0 Å². The number of nitrogens with one attached hydrogen (secondary N) is 1. The first kappa shape index (κ1) is 18.1. The third-order valence-corrected chi connectivity index (χ3v) is 4.93. The van der Waals surface area contributed by atoms with Crippen LogP contribution in [-0.4, -0.2) is 35.0 Å². The molecule has 1 N–H and O–H groups in total. The van der Waals surface area contributed by atoms with Crippen LogP contribution in [0.2, 0.25) is 0 Å². The SMILES string of the molecule is COC1(C(=O)Nc2ncc3cc(C#N)ccc3n2)CCC(C(F)F)CC1. The average Bonchev–Trinajstić information content (AvgIpc) is 2.67. The lowest BCUT2D eigenvalue weighted by Crippen LogP contribution is -2.48. The summed E-state index contributed by atoms with van der Waals surface area (Å²) in [6.45, 7) is 0. The number of alkyl halides is 2. The number of nitrogens with zero attached hydrogens (tertiary/aromatic N) is 3. The molecule has 1 saturated carbocycles. The minimum atomic E-state index is -2.38. The van der Waals surface area contributed by atoms with Gasteiger partial charge in [-0.05, 0) is 43.9 Å². The highest BCUT2D eigenvalue weighted by molar-refractivity contribution is 5.96. The number of aromatic nitrogens is 2. The fourth-order valence-electron chi connectivity index (χ4n) is 3.26. The molecule has 1 aliphatic rings. The van der Waals surface area contributed by atoms with Crippen LogP contribution in [0.5, 0.6) is 0 Å². The van der Waals surface area contributed by atoms with Gasteiger partial charge in [-0.2, -0.15) is 5.26 Å². The van der Waals surface area contributed by atoms with Crippen LogP contribution in [0.3, 0.4) is 0 Å². The van der Waals surface area contributed by atoms with Crippen LogP contribution in [-0.2, 0) is 9.53 Å². The van der Waals surface area contributed by atoms with E-state index in [1.165, 1.54) is 13.3 Å². The van der Waals surface area contributed by atoms with E-state index in [0.29, 0.717) is 16.5 Å². The Labute approximate surface area is 149 Å². The van der Waals surface area contributed by atoms with E-state index in [9.17, 15) is 13.6 Å². The molecule has 1 aromatic heterocycles. The molecule has 136 valence electrons. The van der Waals surface area contributed by atoms with Gasteiger partial charge in [0, 0.05) is 24.6 Å². The van der Waals surface area contributed by atoms with E-state index in [1.54, 1.807) is 18.2 Å². The van der Waals surface area contributed by atoms with Gasteiger partial charge in [-0.25, -0.2) is 18.7 Å². The number of halogens is 2. The highest BCUT2D eigenvalue weighted by Gasteiger charge is 2.44. The normalized spacial score (nSPS) is 23.0. The minimum absolute atomic E-state index is 0.111. The Kier molecular flexibility index (Phi) is 5.09. The molecule has 3 rings (SSSR count). The molecule has 0 aliphatic heterocycles. The van der Waals surface area contributed by atoms with E-state index in [1.807, 2.05) is 6.07 Å². The highest BCUT2D eigenvalue weighted by Crippen LogP contribution is 2.37. The first-order chi connectivity index (χ1) is 12.5. The summed E-state index contributed by atoms with van der Waals surface area (Å²) >= 11 is 0. The summed E-state index contributed by atoms with van der Waals surface area (Å²) in [5.41, 5.74) is -0.0665. The zero-order chi connectivity index (χ0) is 18.7. The summed E-state index contributed by atoms with van der Waals surface area (Å²) in [5.74, 6) is -1.02. The molecular formula is C18H18F2N4O2. The Morgan fingerprint density at radius 1 is 1.42 bits per heavy atom. The maximum atomic E-state index is 12.8. The van der Waals surface area contributed by atoms with Crippen LogP contribution < -0.4 is 5.32 Å². The maximum Gasteiger partial charge on any atom is 0.258 e. The molecule has 1 amide bonds. The van der Waals surface area contributed by atoms with E-state index in [2.05, 4.69) is 15.3 Å². The van der Waals surface area contributed by atoms with Crippen molar-refractivity contribution in [3.05, 3.63) is 30.0 Å². The van der Waals surface area contributed by atoms with E-state index in [4.69, 9.17) is 10.00 Å². The maximum absolute atomic E-state index is 12.8. The van der Waals surface area contributed by atoms with Crippen molar-refractivity contribution < 1.29 is 18.3 Å². The molecule has 2 aromatic rings. The molecular weight excluding hydrogens is 342 g/mol. The molecule has 1 heterocycles. The Hall–Kier alpha value is -2.66. The molecule has 6 nitrogen and oxygen atoms in total. The van der Waals surface area contributed by atoms with Crippen LogP contribution in [0.4, 0.5) is 14.7 Å². The Morgan fingerprint density at radius 3 is 2.77 bits per heavy atom. The first-order valence-corrected chi connectivity index (χ1v) is 8.29. The van der Waals surface area contributed by atoms with Gasteiger partial charge in [0.05, 0.1) is 17.1 Å². The number of anilines is 1. The molecule has 1 fully saturated rings. The smallest absolute Gasteiger partial charge is 0.258 e. The Balaban J connectivity index is 1.76. The van der Waals surface area contributed by atoms with E-state index in [0.717, 1.165) is 0 Å². The third-order valence-electron chi connectivity index (χ3n) is 4.93. The largest absolute Gasteiger partial charge is 0.368 e. The molecule has 0 saturated heterocycles. The van der Waals surface area contributed by atoms with Crippen LogP contribution in [0, 0.1) is 17.2 Å². The van der Waals surface area contributed by atoms with Crippen LogP contribution in [0.1, 0.15) is 31.2 Å². The predicted molar refractivity (Wildman–Crippen MR) is 90.6 cm³/mol. The van der Waals surface area contributed by atoms with Gasteiger partial charge < -0.3 is 4.74 Å². The molecule has 0 bridgehead atoms. The zero-order valence-electron chi connectivity index (χ0n) is 14.2. The molecule has 0 unspecified atom stereocenters. The number of benzene rings is 1. The number of ether oxygens (including phenoxy) is 1. The second-order valence-corrected chi connectivity index (χ2v) is 6.40. The molecule has 26 heavy (non-hydrogen) atoms. The molecule has 8 heteroatoms. The molecule has 0 radical (unpaired) electrons. The number of methoxy groups -OCH3 is 1. The van der Waals surface area contributed by atoms with Crippen molar-refractivity contribution in [2.24, 2.45) is 5.92 Å². The standard InChI is InChI=1S/C18H18F2N4O2/c1-26-18(6-4-12(5-7-18)15(19)20)16(25)24-17-22-10-13-8-11(9-21)2-3-14(13)23-17/h2-3,8,10,12,15H,4-7H2,1H3,(H,22,23,24,25). The number of fused-ring (bicyclic) bond motifs is 1. The summed E-state index contributed by atoms with van der Waals surface area (Å²) in [6.07, 6.45) is 0.0527. The van der Waals surface area contributed by atoms with Gasteiger partial charge in [-0.1, -0.05) is 0 Å². The van der Waals surface area contributed by atoms with Gasteiger partial charge in [0.2, 0.25) is 12.4 Å². The molecule has 0 spiro atoms. The minimum Gasteiger partial charge on any atom is -0.368 e. The lowest BCUT2D eigenvalue weighted by Gasteiger charge is -2.37. The number of hydrogen-bond donors (Lipinski definition) is 1. The second kappa shape index (κ2) is 7.30. The van der Waals surface area contributed by atoms with E-state index in [-0.39, 0.29) is 31.6 Å². The highest BCUT2D eigenvalue weighted by atomic mass is 19.3. The molecule has 0 atom stereocenters. The fraction of sp³-hybridized carbons (Fsp3) is 0.444. The van der Waals surface area contributed by atoms with Crippen LogP contribution in [0.15, 0.2) is 24.4 Å². The van der Waals surface area contributed by atoms with Crippen molar-refractivity contribution >= 4 is 22.8 Å². The van der Waals surface area contributed by atoms with Gasteiger partial charge in [0.15, 0.2) is 0 Å². The predicted octanol–water partition coefficient (Wildman–Crippen LogP) is 3.28. The number of amides is 1. The second-order valence-electron chi connectivity index (χ2n) is 6.40. The summed E-state index contributed by atoms with van der Waals surface area (Å²) in [4.78, 5) is 21.1. The summed E-state index contributed by atoms with van der Waals surface area (Å²) in [6, 6.07) is 6.99. The Bertz CT molecular complexity index is 858. The summed E-state index contributed by atoms with van der Waals surface area (Å²) in [7, 11) is 1.41. The van der Waals surface area contributed by atoms with Gasteiger partial charge >= 0.3 is 0 Å². The van der Waals surface area contributed by atoms with Gasteiger partial charge in [0.1, 0.15) is 5.60 Å². The quantitative estimate of drug-likeness (QED) is 0.904. The fourth-order valence-corrected chi connectivity index (χ4v) is 3.26. The number of rotatable bonds is 4. The monoisotopic (exact) mass is 360 g/mol. The number of carbonyl (C=O) groups is 1. The topological polar surface area (TPSA) is 87.9 Å². The lowest BCUT2D eigenvalue weighted by molar-refractivity contribution is -0.144. The first-order valence-electron chi connectivity index (χ1n) is 8.29. The Morgan fingerprint density at radius 2 is 2.15 bits per heavy atom. The summed E-state index contributed by atoms with van der Waals surface area (Å²) < 4.78 is 31.1. The van der Waals surface area contributed by atoms with Gasteiger partial charge in [-0.3, -0.25) is 10.1 Å². The van der Waals surface area contributed by atoms with Crippen molar-refractivity contribution in [3.63, 3.8) is 0 Å². The van der Waals surface area contributed by atoms with Crippen molar-refractivity contribution in [1.82, 2.24) is 9.97 Å². The lowest BCUT2D eigenvalue weighted by atomic mass is 9.78. The average molecular weight is 360 g/mol. The number of hydrogen-bond acceptors (Lipinski definition) is 5. The summed E-state index contributed by atoms with van der Waals surface area (Å²) in [5, 5.41) is 12.2. The van der Waals surface area contributed by atoms with Crippen molar-refractivity contribution in [2.45, 2.75) is 37.7 Å². The number of carbonyl (C=O) groups excluding carboxylic acids is 1. The van der Waals surface area contributed by atoms with Gasteiger partial charge in [-0.15, -0.1) is 0 Å². The molecule has 1 aromatic carbocycles. The molecule has 1 aliphatic carbocycles. The van der Waals surface area contributed by atoms with Gasteiger partial charge in [0.25, 0.3) is 5.91 Å². The van der Waals surface area contributed by atoms with Crippen LogP contribution in [0.25, 0.3) is 10.9 Å². The zero-order valence-corrected chi connectivity index (χ0v) is 14.2. The van der Waals surface area contributed by atoms with Crippen molar-refractivity contribution in [3.8, 4) is 6.07 Å². The number of nitriles is 1. The third kappa shape index (κ3) is 3.48. The van der Waals surface area contributed by atoms with E-state index < -0.39 is 23.9 Å². The van der Waals surface area contributed by atoms with Crippen LogP contribution >= 0.6 is 0 Å².